The molecule has 0 aliphatic heterocycles. The predicted molar refractivity (Wildman–Crippen MR) is 64.5 cm³/mol. The number of anilines is 1. The second-order valence-electron chi connectivity index (χ2n) is 3.50. The van der Waals surface area contributed by atoms with Gasteiger partial charge in [0.2, 0.25) is 0 Å². The van der Waals surface area contributed by atoms with E-state index in [0.29, 0.717) is 11.4 Å². The molecule has 0 spiro atoms. The van der Waals surface area contributed by atoms with E-state index in [1.165, 1.54) is 0 Å². The standard InChI is InChI=1S/C13H13NO2/c1-16-13-8-10(4-7-12(13)14)9-2-5-11(15)6-3-9/h2-8,15H,14H2,1H3. The van der Waals surface area contributed by atoms with Crippen molar-refractivity contribution in [2.75, 3.05) is 12.8 Å². The van der Waals surface area contributed by atoms with E-state index in [2.05, 4.69) is 0 Å². The second kappa shape index (κ2) is 4.14. The van der Waals surface area contributed by atoms with E-state index in [-0.39, 0.29) is 5.75 Å². The first-order valence-electron chi connectivity index (χ1n) is 4.93. The molecule has 3 N–H and O–H groups in total. The summed E-state index contributed by atoms with van der Waals surface area (Å²) in [6, 6.07) is 12.6. The summed E-state index contributed by atoms with van der Waals surface area (Å²) in [6.07, 6.45) is 0. The van der Waals surface area contributed by atoms with E-state index in [4.69, 9.17) is 10.5 Å². The van der Waals surface area contributed by atoms with Gasteiger partial charge in [0.05, 0.1) is 12.8 Å². The van der Waals surface area contributed by atoms with Gasteiger partial charge in [-0.05, 0) is 35.4 Å². The number of phenolic OH excluding ortho intramolecular Hbond substituents is 1. The molecule has 3 nitrogen and oxygen atoms in total. The number of hydrogen-bond acceptors (Lipinski definition) is 3. The Morgan fingerprint density at radius 1 is 1.00 bits per heavy atom. The monoisotopic (exact) mass is 215 g/mol. The molecule has 0 aliphatic carbocycles. The molecule has 0 saturated carbocycles. The number of aromatic hydroxyl groups is 1. The number of nitrogen functional groups attached to an aromatic ring is 1. The lowest BCUT2D eigenvalue weighted by Crippen LogP contribution is -1.92. The third-order valence-electron chi connectivity index (χ3n) is 2.43. The first-order valence-corrected chi connectivity index (χ1v) is 4.93. The molecule has 0 radical (unpaired) electrons. The Hall–Kier alpha value is -2.16. The first kappa shape index (κ1) is 10.4. The lowest BCUT2D eigenvalue weighted by Gasteiger charge is -2.07. The molecule has 0 heterocycles. The van der Waals surface area contributed by atoms with Gasteiger partial charge in [0.1, 0.15) is 11.5 Å². The Labute approximate surface area is 94.1 Å². The van der Waals surface area contributed by atoms with Gasteiger partial charge in [-0.3, -0.25) is 0 Å². The van der Waals surface area contributed by atoms with Crippen LogP contribution in [0.25, 0.3) is 11.1 Å². The molecule has 82 valence electrons. The Morgan fingerprint density at radius 3 is 2.25 bits per heavy atom. The van der Waals surface area contributed by atoms with E-state index in [1.807, 2.05) is 24.3 Å². The van der Waals surface area contributed by atoms with Crippen molar-refractivity contribution in [3.63, 3.8) is 0 Å². The average molecular weight is 215 g/mol. The minimum Gasteiger partial charge on any atom is -0.508 e. The van der Waals surface area contributed by atoms with E-state index < -0.39 is 0 Å². The van der Waals surface area contributed by atoms with Crippen LogP contribution in [0, 0.1) is 0 Å². The van der Waals surface area contributed by atoms with Crippen LogP contribution in [0.3, 0.4) is 0 Å². The molecular weight excluding hydrogens is 202 g/mol. The van der Waals surface area contributed by atoms with Crippen LogP contribution >= 0.6 is 0 Å². The molecule has 0 bridgehead atoms. The van der Waals surface area contributed by atoms with Crippen LogP contribution in [0.5, 0.6) is 11.5 Å². The summed E-state index contributed by atoms with van der Waals surface area (Å²) in [7, 11) is 1.59. The van der Waals surface area contributed by atoms with Crippen molar-refractivity contribution in [3.8, 4) is 22.6 Å². The Kier molecular flexibility index (Phi) is 2.68. The van der Waals surface area contributed by atoms with Crippen molar-refractivity contribution in [2.45, 2.75) is 0 Å². The third-order valence-corrected chi connectivity index (χ3v) is 2.43. The Bertz CT molecular complexity index is 492. The smallest absolute Gasteiger partial charge is 0.142 e. The summed E-state index contributed by atoms with van der Waals surface area (Å²) in [4.78, 5) is 0. The maximum Gasteiger partial charge on any atom is 0.142 e. The first-order chi connectivity index (χ1) is 7.70. The summed E-state index contributed by atoms with van der Waals surface area (Å²) in [5, 5.41) is 9.20. The van der Waals surface area contributed by atoms with Gasteiger partial charge in [0, 0.05) is 0 Å². The van der Waals surface area contributed by atoms with Crippen LogP contribution in [0.1, 0.15) is 0 Å². The van der Waals surface area contributed by atoms with Crippen LogP contribution in [0.15, 0.2) is 42.5 Å². The molecule has 2 aromatic rings. The minimum atomic E-state index is 0.256. The molecule has 0 fully saturated rings. The molecule has 2 rings (SSSR count). The topological polar surface area (TPSA) is 55.5 Å². The zero-order valence-corrected chi connectivity index (χ0v) is 8.97. The highest BCUT2D eigenvalue weighted by Gasteiger charge is 2.03. The van der Waals surface area contributed by atoms with Gasteiger partial charge < -0.3 is 15.6 Å². The molecule has 0 aliphatic rings. The molecule has 0 atom stereocenters. The van der Waals surface area contributed by atoms with E-state index in [0.717, 1.165) is 11.1 Å². The largest absolute Gasteiger partial charge is 0.508 e. The number of phenols is 1. The number of ether oxygens (including phenoxy) is 1. The molecule has 3 heteroatoms. The highest BCUT2D eigenvalue weighted by atomic mass is 16.5. The lowest BCUT2D eigenvalue weighted by atomic mass is 10.0. The fourth-order valence-electron chi connectivity index (χ4n) is 1.54. The fraction of sp³-hybridized carbons (Fsp3) is 0.0769. The highest BCUT2D eigenvalue weighted by Crippen LogP contribution is 2.29. The fourth-order valence-corrected chi connectivity index (χ4v) is 1.54. The van der Waals surface area contributed by atoms with Crippen LogP contribution in [0.4, 0.5) is 5.69 Å². The molecule has 0 amide bonds. The normalized spacial score (nSPS) is 10.1. The summed E-state index contributed by atoms with van der Waals surface area (Å²) < 4.78 is 5.16. The average Bonchev–Trinajstić information content (AvgIpc) is 2.31. The molecule has 0 saturated heterocycles. The summed E-state index contributed by atoms with van der Waals surface area (Å²) in [5.41, 5.74) is 8.37. The van der Waals surface area contributed by atoms with Gasteiger partial charge >= 0.3 is 0 Å². The minimum absolute atomic E-state index is 0.256. The highest BCUT2D eigenvalue weighted by molar-refractivity contribution is 5.70. The van der Waals surface area contributed by atoms with Crippen LogP contribution in [-0.4, -0.2) is 12.2 Å². The quantitative estimate of drug-likeness (QED) is 0.757. The summed E-state index contributed by atoms with van der Waals surface area (Å²) in [6.45, 7) is 0. The maximum absolute atomic E-state index is 9.20. The summed E-state index contributed by atoms with van der Waals surface area (Å²) >= 11 is 0. The number of rotatable bonds is 2. The maximum atomic E-state index is 9.20. The van der Waals surface area contributed by atoms with E-state index in [9.17, 15) is 5.11 Å². The number of benzene rings is 2. The lowest BCUT2D eigenvalue weighted by molar-refractivity contribution is 0.417. The number of methoxy groups -OCH3 is 1. The predicted octanol–water partition coefficient (Wildman–Crippen LogP) is 2.65. The van der Waals surface area contributed by atoms with Crippen LogP contribution in [-0.2, 0) is 0 Å². The van der Waals surface area contributed by atoms with Crippen molar-refractivity contribution in [1.29, 1.82) is 0 Å². The van der Waals surface area contributed by atoms with Gasteiger partial charge in [-0.2, -0.15) is 0 Å². The van der Waals surface area contributed by atoms with E-state index in [1.54, 1.807) is 25.3 Å². The van der Waals surface area contributed by atoms with Crippen molar-refractivity contribution in [2.24, 2.45) is 0 Å². The Balaban J connectivity index is 2.44. The number of nitrogens with two attached hydrogens (primary N) is 1. The summed E-state index contributed by atoms with van der Waals surface area (Å²) in [5.74, 6) is 0.914. The molecule has 0 aromatic heterocycles. The molecule has 0 unspecified atom stereocenters. The molecule has 16 heavy (non-hydrogen) atoms. The van der Waals surface area contributed by atoms with Gasteiger partial charge in [0.15, 0.2) is 0 Å². The van der Waals surface area contributed by atoms with E-state index >= 15 is 0 Å². The van der Waals surface area contributed by atoms with Gasteiger partial charge in [-0.15, -0.1) is 0 Å². The van der Waals surface area contributed by atoms with Gasteiger partial charge in [-0.1, -0.05) is 18.2 Å². The second-order valence-corrected chi connectivity index (χ2v) is 3.50. The van der Waals surface area contributed by atoms with Crippen LogP contribution in [0.2, 0.25) is 0 Å². The zero-order valence-electron chi connectivity index (χ0n) is 8.97. The number of hydrogen-bond donors (Lipinski definition) is 2. The molecule has 2 aromatic carbocycles. The third kappa shape index (κ3) is 1.93. The molecular formula is C13H13NO2. The zero-order chi connectivity index (χ0) is 11.5. The SMILES string of the molecule is COc1cc(-c2ccc(O)cc2)ccc1N. The van der Waals surface area contributed by atoms with Crippen molar-refractivity contribution in [1.82, 2.24) is 0 Å². The van der Waals surface area contributed by atoms with Crippen LogP contribution < -0.4 is 10.5 Å². The Morgan fingerprint density at radius 2 is 1.62 bits per heavy atom. The van der Waals surface area contributed by atoms with Crippen molar-refractivity contribution < 1.29 is 9.84 Å². The van der Waals surface area contributed by atoms with Crippen molar-refractivity contribution in [3.05, 3.63) is 42.5 Å². The van der Waals surface area contributed by atoms with Crippen molar-refractivity contribution >= 4 is 5.69 Å². The van der Waals surface area contributed by atoms with Gasteiger partial charge in [-0.25, -0.2) is 0 Å². The van der Waals surface area contributed by atoms with Gasteiger partial charge in [0.25, 0.3) is 0 Å².